The van der Waals surface area contributed by atoms with Gasteiger partial charge >= 0.3 is 5.97 Å². The zero-order valence-electron chi connectivity index (χ0n) is 14.8. The summed E-state index contributed by atoms with van der Waals surface area (Å²) in [6.07, 6.45) is 0. The SMILES string of the molecule is Cc1nn(Cc2ccccc2)c(C)c1C(=O)OCc1ccc(C#N)cc1. The van der Waals surface area contributed by atoms with Gasteiger partial charge in [-0.1, -0.05) is 42.5 Å². The molecule has 0 spiro atoms. The third kappa shape index (κ3) is 3.81. The molecule has 3 rings (SSSR count). The highest BCUT2D eigenvalue weighted by atomic mass is 16.5. The second-order valence-corrected chi connectivity index (χ2v) is 6.07. The number of esters is 1. The van der Waals surface area contributed by atoms with Crippen molar-refractivity contribution in [2.75, 3.05) is 0 Å². The van der Waals surface area contributed by atoms with Gasteiger partial charge in [-0.15, -0.1) is 0 Å². The van der Waals surface area contributed by atoms with Crippen LogP contribution in [0, 0.1) is 25.2 Å². The van der Waals surface area contributed by atoms with E-state index in [4.69, 9.17) is 10.00 Å². The second-order valence-electron chi connectivity index (χ2n) is 6.07. The topological polar surface area (TPSA) is 67.9 Å². The highest BCUT2D eigenvalue weighted by Crippen LogP contribution is 2.17. The minimum absolute atomic E-state index is 0.160. The molecule has 0 unspecified atom stereocenters. The summed E-state index contributed by atoms with van der Waals surface area (Å²) in [5.74, 6) is -0.385. The Morgan fingerprint density at radius 1 is 1.08 bits per heavy atom. The zero-order valence-corrected chi connectivity index (χ0v) is 14.8. The molecule has 2 aromatic carbocycles. The second kappa shape index (κ2) is 7.66. The fraction of sp³-hybridized carbons (Fsp3) is 0.190. The lowest BCUT2D eigenvalue weighted by Gasteiger charge is -2.07. The molecule has 0 N–H and O–H groups in total. The molecule has 0 fully saturated rings. The maximum atomic E-state index is 12.5. The number of nitriles is 1. The largest absolute Gasteiger partial charge is 0.457 e. The number of hydrogen-bond donors (Lipinski definition) is 0. The van der Waals surface area contributed by atoms with Gasteiger partial charge in [-0.2, -0.15) is 10.4 Å². The number of carbonyl (C=O) groups excluding carboxylic acids is 1. The van der Waals surface area contributed by atoms with Gasteiger partial charge in [0.2, 0.25) is 0 Å². The van der Waals surface area contributed by atoms with E-state index in [0.717, 1.165) is 16.8 Å². The van der Waals surface area contributed by atoms with Crippen molar-refractivity contribution in [2.45, 2.75) is 27.0 Å². The van der Waals surface area contributed by atoms with Gasteiger partial charge in [-0.25, -0.2) is 4.79 Å². The third-order valence-corrected chi connectivity index (χ3v) is 4.21. The fourth-order valence-corrected chi connectivity index (χ4v) is 2.80. The Morgan fingerprint density at radius 2 is 1.77 bits per heavy atom. The molecule has 0 aliphatic rings. The third-order valence-electron chi connectivity index (χ3n) is 4.21. The monoisotopic (exact) mass is 345 g/mol. The van der Waals surface area contributed by atoms with Crippen LogP contribution in [0.5, 0.6) is 0 Å². The first kappa shape index (κ1) is 17.4. The summed E-state index contributed by atoms with van der Waals surface area (Å²) < 4.78 is 7.26. The predicted molar refractivity (Wildman–Crippen MR) is 97.5 cm³/mol. The van der Waals surface area contributed by atoms with Gasteiger partial charge in [0.1, 0.15) is 12.2 Å². The average molecular weight is 345 g/mol. The summed E-state index contributed by atoms with van der Waals surface area (Å²) in [4.78, 5) is 12.5. The van der Waals surface area contributed by atoms with Crippen LogP contribution in [0.15, 0.2) is 54.6 Å². The summed E-state index contributed by atoms with van der Waals surface area (Å²) in [5.41, 5.74) is 4.49. The first-order valence-electron chi connectivity index (χ1n) is 8.32. The Bertz CT molecular complexity index is 951. The van der Waals surface area contributed by atoms with E-state index in [9.17, 15) is 4.79 Å². The van der Waals surface area contributed by atoms with Crippen LogP contribution >= 0.6 is 0 Å². The highest BCUT2D eigenvalue weighted by molar-refractivity contribution is 5.91. The Morgan fingerprint density at radius 3 is 2.42 bits per heavy atom. The Balaban J connectivity index is 1.71. The van der Waals surface area contributed by atoms with Gasteiger partial charge in [-0.3, -0.25) is 4.68 Å². The van der Waals surface area contributed by atoms with Gasteiger partial charge in [0.15, 0.2) is 0 Å². The average Bonchev–Trinajstić information content (AvgIpc) is 2.94. The number of rotatable bonds is 5. The molecular formula is C21H19N3O2. The molecule has 5 nitrogen and oxygen atoms in total. The lowest BCUT2D eigenvalue weighted by atomic mass is 10.1. The van der Waals surface area contributed by atoms with Crippen LogP contribution in [-0.4, -0.2) is 15.7 Å². The van der Waals surface area contributed by atoms with Crippen molar-refractivity contribution in [1.29, 1.82) is 5.26 Å². The molecule has 0 radical (unpaired) electrons. The lowest BCUT2D eigenvalue weighted by molar-refractivity contribution is 0.0471. The van der Waals surface area contributed by atoms with Crippen molar-refractivity contribution in [1.82, 2.24) is 9.78 Å². The fourth-order valence-electron chi connectivity index (χ4n) is 2.80. The quantitative estimate of drug-likeness (QED) is 0.660. The number of hydrogen-bond acceptors (Lipinski definition) is 4. The van der Waals surface area contributed by atoms with Crippen LogP contribution in [0.25, 0.3) is 0 Å². The van der Waals surface area contributed by atoms with Crippen LogP contribution in [0.1, 0.15) is 38.4 Å². The predicted octanol–water partition coefficient (Wildman–Crippen LogP) is 3.78. The molecular weight excluding hydrogens is 326 g/mol. The molecule has 130 valence electrons. The molecule has 26 heavy (non-hydrogen) atoms. The minimum Gasteiger partial charge on any atom is -0.457 e. The normalized spacial score (nSPS) is 10.3. The van der Waals surface area contributed by atoms with Crippen molar-refractivity contribution < 1.29 is 9.53 Å². The molecule has 0 aliphatic carbocycles. The van der Waals surface area contributed by atoms with Crippen molar-refractivity contribution in [2.24, 2.45) is 0 Å². The molecule has 0 saturated heterocycles. The Hall–Kier alpha value is -3.39. The van der Waals surface area contributed by atoms with Gasteiger partial charge in [0.25, 0.3) is 0 Å². The highest BCUT2D eigenvalue weighted by Gasteiger charge is 2.20. The zero-order chi connectivity index (χ0) is 18.5. The molecule has 0 atom stereocenters. The summed E-state index contributed by atoms with van der Waals surface area (Å²) >= 11 is 0. The van der Waals surface area contributed by atoms with E-state index in [1.807, 2.05) is 48.9 Å². The van der Waals surface area contributed by atoms with E-state index in [-0.39, 0.29) is 12.6 Å². The summed E-state index contributed by atoms with van der Waals surface area (Å²) in [7, 11) is 0. The number of aryl methyl sites for hydroxylation is 1. The minimum atomic E-state index is -0.385. The Kier molecular flexibility index (Phi) is 5.14. The number of ether oxygens (including phenoxy) is 1. The van der Waals surface area contributed by atoms with E-state index < -0.39 is 0 Å². The molecule has 0 aliphatic heterocycles. The van der Waals surface area contributed by atoms with Crippen molar-refractivity contribution >= 4 is 5.97 Å². The number of nitrogens with zero attached hydrogens (tertiary/aromatic N) is 3. The van der Waals surface area contributed by atoms with E-state index in [2.05, 4.69) is 11.2 Å². The van der Waals surface area contributed by atoms with Crippen LogP contribution in [0.3, 0.4) is 0 Å². The molecule has 0 amide bonds. The van der Waals surface area contributed by atoms with Gasteiger partial charge in [-0.05, 0) is 37.1 Å². The van der Waals surface area contributed by atoms with E-state index in [0.29, 0.717) is 23.4 Å². The van der Waals surface area contributed by atoms with Crippen molar-refractivity contribution in [3.05, 3.63) is 88.2 Å². The molecule has 0 bridgehead atoms. The van der Waals surface area contributed by atoms with Gasteiger partial charge < -0.3 is 4.74 Å². The molecule has 5 heteroatoms. The maximum absolute atomic E-state index is 12.5. The summed E-state index contributed by atoms with van der Waals surface area (Å²) in [6, 6.07) is 19.0. The number of aromatic nitrogens is 2. The first-order chi connectivity index (χ1) is 12.6. The smallest absolute Gasteiger partial charge is 0.342 e. The molecule has 3 aromatic rings. The van der Waals surface area contributed by atoms with E-state index in [1.54, 1.807) is 24.3 Å². The van der Waals surface area contributed by atoms with Crippen LogP contribution in [0.4, 0.5) is 0 Å². The standard InChI is InChI=1S/C21H19N3O2/c1-15-20(16(2)24(23-15)13-18-6-4-3-5-7-18)21(25)26-14-19-10-8-17(12-22)9-11-19/h3-11H,13-14H2,1-2H3. The van der Waals surface area contributed by atoms with Crippen LogP contribution in [-0.2, 0) is 17.9 Å². The summed E-state index contributed by atoms with van der Waals surface area (Å²) in [6.45, 7) is 4.46. The van der Waals surface area contributed by atoms with E-state index in [1.165, 1.54) is 0 Å². The van der Waals surface area contributed by atoms with Crippen LogP contribution in [0.2, 0.25) is 0 Å². The maximum Gasteiger partial charge on any atom is 0.342 e. The molecule has 1 aromatic heterocycles. The molecule has 1 heterocycles. The van der Waals surface area contributed by atoms with Crippen molar-refractivity contribution in [3.8, 4) is 6.07 Å². The van der Waals surface area contributed by atoms with Crippen molar-refractivity contribution in [3.63, 3.8) is 0 Å². The first-order valence-corrected chi connectivity index (χ1v) is 8.32. The summed E-state index contributed by atoms with van der Waals surface area (Å²) in [5, 5.41) is 13.3. The van der Waals surface area contributed by atoms with Crippen LogP contribution < -0.4 is 0 Å². The lowest BCUT2D eigenvalue weighted by Crippen LogP contribution is -2.09. The van der Waals surface area contributed by atoms with Gasteiger partial charge in [0.05, 0.1) is 29.6 Å². The Labute approximate surface area is 152 Å². The number of benzene rings is 2. The number of carbonyl (C=O) groups is 1. The van der Waals surface area contributed by atoms with Gasteiger partial charge in [0, 0.05) is 0 Å². The molecule has 0 saturated carbocycles. The van der Waals surface area contributed by atoms with E-state index >= 15 is 0 Å².